The third-order valence-electron chi connectivity index (χ3n) is 2.45. The van der Waals surface area contributed by atoms with Gasteiger partial charge in [-0.25, -0.2) is 0 Å². The van der Waals surface area contributed by atoms with Crippen LogP contribution in [-0.2, 0) is 0 Å². The molecule has 0 amide bonds. The Labute approximate surface area is 109 Å². The summed E-state index contributed by atoms with van der Waals surface area (Å²) in [6, 6.07) is 5.56. The summed E-state index contributed by atoms with van der Waals surface area (Å²) in [5.41, 5.74) is 7.12. The van der Waals surface area contributed by atoms with Crippen LogP contribution in [0.5, 0.6) is 0 Å². The number of aliphatic hydroxyl groups is 1. The second-order valence-corrected chi connectivity index (χ2v) is 4.28. The molecule has 0 saturated heterocycles. The zero-order chi connectivity index (χ0) is 12.8. The summed E-state index contributed by atoms with van der Waals surface area (Å²) in [7, 11) is 0. The standard InChI is InChI=1S/C11H16BrN3O2/c1-2-15(6-7-16)9-5-3-4-8(12)10(9)11(13)14-17/h3-5,16-17H,2,6-7H2,1H3,(H2,13,14). The number of anilines is 1. The second kappa shape index (κ2) is 6.46. The first-order chi connectivity index (χ1) is 8.15. The maximum Gasteiger partial charge on any atom is 0.173 e. The maximum absolute atomic E-state index is 9.02. The third-order valence-corrected chi connectivity index (χ3v) is 3.11. The average Bonchev–Trinajstić information content (AvgIpc) is 2.34. The van der Waals surface area contributed by atoms with Crippen molar-refractivity contribution in [3.05, 3.63) is 28.2 Å². The molecule has 1 aromatic rings. The van der Waals surface area contributed by atoms with Crippen molar-refractivity contribution in [1.82, 2.24) is 0 Å². The molecule has 0 atom stereocenters. The number of benzene rings is 1. The predicted molar refractivity (Wildman–Crippen MR) is 71.6 cm³/mol. The van der Waals surface area contributed by atoms with Crippen LogP contribution in [0.15, 0.2) is 27.8 Å². The summed E-state index contributed by atoms with van der Waals surface area (Å²) in [6.07, 6.45) is 0. The van der Waals surface area contributed by atoms with E-state index in [9.17, 15) is 0 Å². The number of rotatable bonds is 5. The smallest absolute Gasteiger partial charge is 0.173 e. The van der Waals surface area contributed by atoms with Gasteiger partial charge in [-0.2, -0.15) is 0 Å². The molecule has 0 unspecified atom stereocenters. The fraction of sp³-hybridized carbons (Fsp3) is 0.364. The number of amidine groups is 1. The normalized spacial score (nSPS) is 11.6. The Morgan fingerprint density at radius 2 is 2.24 bits per heavy atom. The van der Waals surface area contributed by atoms with Gasteiger partial charge in [0.05, 0.1) is 12.2 Å². The van der Waals surface area contributed by atoms with Crippen LogP contribution in [0.1, 0.15) is 12.5 Å². The molecule has 5 nitrogen and oxygen atoms in total. The quantitative estimate of drug-likeness (QED) is 0.332. The van der Waals surface area contributed by atoms with Gasteiger partial charge < -0.3 is 20.9 Å². The van der Waals surface area contributed by atoms with E-state index in [-0.39, 0.29) is 12.4 Å². The number of halogens is 1. The van der Waals surface area contributed by atoms with E-state index in [0.717, 1.165) is 16.7 Å². The molecular weight excluding hydrogens is 286 g/mol. The number of oxime groups is 1. The van der Waals surface area contributed by atoms with Crippen molar-refractivity contribution in [2.75, 3.05) is 24.6 Å². The summed E-state index contributed by atoms with van der Waals surface area (Å²) in [5.74, 6) is 0.0452. The Morgan fingerprint density at radius 3 is 2.76 bits per heavy atom. The lowest BCUT2D eigenvalue weighted by Gasteiger charge is -2.25. The summed E-state index contributed by atoms with van der Waals surface area (Å²) in [4.78, 5) is 1.96. The van der Waals surface area contributed by atoms with E-state index < -0.39 is 0 Å². The Morgan fingerprint density at radius 1 is 1.53 bits per heavy atom. The zero-order valence-corrected chi connectivity index (χ0v) is 11.2. The van der Waals surface area contributed by atoms with Crippen LogP contribution in [0.25, 0.3) is 0 Å². The zero-order valence-electron chi connectivity index (χ0n) is 9.60. The van der Waals surface area contributed by atoms with Gasteiger partial charge in [0.1, 0.15) is 0 Å². The molecule has 0 aromatic heterocycles. The van der Waals surface area contributed by atoms with Gasteiger partial charge >= 0.3 is 0 Å². The van der Waals surface area contributed by atoms with Crippen molar-refractivity contribution in [2.24, 2.45) is 10.9 Å². The molecule has 0 radical (unpaired) electrons. The van der Waals surface area contributed by atoms with Crippen LogP contribution in [0, 0.1) is 0 Å². The van der Waals surface area contributed by atoms with Crippen LogP contribution in [0.2, 0.25) is 0 Å². The molecule has 0 saturated carbocycles. The molecule has 0 spiro atoms. The molecule has 0 bridgehead atoms. The SMILES string of the molecule is CCN(CCO)c1cccc(Br)c1/C(N)=N/O. The van der Waals surface area contributed by atoms with Crippen molar-refractivity contribution < 1.29 is 10.3 Å². The minimum absolute atomic E-state index is 0.0452. The van der Waals surface area contributed by atoms with Gasteiger partial charge in [-0.3, -0.25) is 0 Å². The Kier molecular flexibility index (Phi) is 5.24. The number of nitrogens with zero attached hydrogens (tertiary/aromatic N) is 2. The summed E-state index contributed by atoms with van der Waals surface area (Å²) in [6.45, 7) is 3.25. The summed E-state index contributed by atoms with van der Waals surface area (Å²) < 4.78 is 0.752. The molecule has 17 heavy (non-hydrogen) atoms. The van der Waals surface area contributed by atoms with Crippen LogP contribution in [-0.4, -0.2) is 35.8 Å². The lowest BCUT2D eigenvalue weighted by atomic mass is 10.1. The predicted octanol–water partition coefficient (Wildman–Crippen LogP) is 1.36. The summed E-state index contributed by atoms with van der Waals surface area (Å²) in [5, 5.41) is 20.8. The van der Waals surface area contributed by atoms with Gasteiger partial charge in [-0.1, -0.05) is 11.2 Å². The fourth-order valence-corrected chi connectivity index (χ4v) is 2.21. The highest BCUT2D eigenvalue weighted by atomic mass is 79.9. The molecule has 94 valence electrons. The van der Waals surface area contributed by atoms with Crippen molar-refractivity contribution in [2.45, 2.75) is 6.92 Å². The van der Waals surface area contributed by atoms with E-state index in [1.807, 2.05) is 30.0 Å². The highest BCUT2D eigenvalue weighted by Crippen LogP contribution is 2.27. The topological polar surface area (TPSA) is 82.1 Å². The van der Waals surface area contributed by atoms with Crippen molar-refractivity contribution in [3.63, 3.8) is 0 Å². The third kappa shape index (κ3) is 3.10. The lowest BCUT2D eigenvalue weighted by molar-refractivity contribution is 0.302. The highest BCUT2D eigenvalue weighted by molar-refractivity contribution is 9.10. The van der Waals surface area contributed by atoms with E-state index in [0.29, 0.717) is 12.1 Å². The first-order valence-electron chi connectivity index (χ1n) is 5.27. The Bertz CT molecular complexity index is 410. The lowest BCUT2D eigenvalue weighted by Crippen LogP contribution is -2.29. The van der Waals surface area contributed by atoms with Gasteiger partial charge in [-0.05, 0) is 35.0 Å². The first-order valence-corrected chi connectivity index (χ1v) is 6.07. The molecule has 1 rings (SSSR count). The number of hydrogen-bond donors (Lipinski definition) is 3. The van der Waals surface area contributed by atoms with Gasteiger partial charge in [0.2, 0.25) is 0 Å². The van der Waals surface area contributed by atoms with E-state index in [1.165, 1.54) is 0 Å². The fourth-order valence-electron chi connectivity index (χ4n) is 1.65. The van der Waals surface area contributed by atoms with Gasteiger partial charge in [0, 0.05) is 23.2 Å². The van der Waals surface area contributed by atoms with E-state index in [4.69, 9.17) is 16.0 Å². The van der Waals surface area contributed by atoms with E-state index in [2.05, 4.69) is 21.1 Å². The molecule has 6 heteroatoms. The number of likely N-dealkylation sites (N-methyl/N-ethyl adjacent to an activating group) is 1. The van der Waals surface area contributed by atoms with Crippen LogP contribution < -0.4 is 10.6 Å². The maximum atomic E-state index is 9.02. The molecule has 0 fully saturated rings. The minimum atomic E-state index is 0.0452. The van der Waals surface area contributed by atoms with Gasteiger partial charge in [0.25, 0.3) is 0 Å². The molecule has 0 aliphatic heterocycles. The number of hydrogen-bond acceptors (Lipinski definition) is 4. The van der Waals surface area contributed by atoms with Crippen molar-refractivity contribution >= 4 is 27.5 Å². The largest absolute Gasteiger partial charge is 0.409 e. The monoisotopic (exact) mass is 301 g/mol. The second-order valence-electron chi connectivity index (χ2n) is 3.42. The number of aliphatic hydroxyl groups excluding tert-OH is 1. The van der Waals surface area contributed by atoms with Crippen molar-refractivity contribution in [1.29, 1.82) is 0 Å². The van der Waals surface area contributed by atoms with Gasteiger partial charge in [0.15, 0.2) is 5.84 Å². The van der Waals surface area contributed by atoms with E-state index in [1.54, 1.807) is 0 Å². The van der Waals surface area contributed by atoms with Crippen molar-refractivity contribution in [3.8, 4) is 0 Å². The van der Waals surface area contributed by atoms with Crippen LogP contribution in [0.3, 0.4) is 0 Å². The van der Waals surface area contributed by atoms with Crippen LogP contribution in [0.4, 0.5) is 5.69 Å². The molecule has 0 aliphatic carbocycles. The summed E-state index contributed by atoms with van der Waals surface area (Å²) >= 11 is 3.38. The van der Waals surface area contributed by atoms with E-state index >= 15 is 0 Å². The first kappa shape index (κ1) is 13.8. The molecular formula is C11H16BrN3O2. The highest BCUT2D eigenvalue weighted by Gasteiger charge is 2.15. The Balaban J connectivity index is 3.27. The van der Waals surface area contributed by atoms with Crippen LogP contribution >= 0.6 is 15.9 Å². The van der Waals surface area contributed by atoms with Gasteiger partial charge in [-0.15, -0.1) is 0 Å². The number of nitrogens with two attached hydrogens (primary N) is 1. The molecule has 0 aliphatic rings. The Hall–Kier alpha value is -1.27. The molecule has 4 N–H and O–H groups in total. The molecule has 0 heterocycles. The molecule has 1 aromatic carbocycles. The average molecular weight is 302 g/mol. The minimum Gasteiger partial charge on any atom is -0.409 e.